The molecule has 0 aromatic heterocycles. The van der Waals surface area contributed by atoms with Gasteiger partial charge in [0.1, 0.15) is 6.29 Å². The molecule has 1 heterocycles. The van der Waals surface area contributed by atoms with E-state index >= 15 is 0 Å². The van der Waals surface area contributed by atoms with E-state index in [1.807, 2.05) is 13.0 Å². The molecule has 1 saturated heterocycles. The van der Waals surface area contributed by atoms with Crippen molar-refractivity contribution >= 4 is 6.29 Å². The number of carbonyl (C=O) groups excluding carboxylic acids is 1. The van der Waals surface area contributed by atoms with E-state index in [0.717, 1.165) is 44.8 Å². The van der Waals surface area contributed by atoms with E-state index in [0.29, 0.717) is 38.1 Å². The molecule has 1 N–H and O–H groups in total. The second kappa shape index (κ2) is 10.4. The molecular weight excluding hydrogens is 320 g/mol. The van der Waals surface area contributed by atoms with Crippen LogP contribution in [0.15, 0.2) is 12.2 Å². The molecule has 4 atom stereocenters. The van der Waals surface area contributed by atoms with Crippen LogP contribution in [0.3, 0.4) is 0 Å². The van der Waals surface area contributed by atoms with Crippen LogP contribution >= 0.6 is 0 Å². The molecule has 1 spiro atoms. The molecule has 0 amide bonds. The maximum atomic E-state index is 10.5. The molecule has 2 rings (SSSR count). The molecular formula is C20H34O5. The van der Waals surface area contributed by atoms with Crippen LogP contribution < -0.4 is 0 Å². The summed E-state index contributed by atoms with van der Waals surface area (Å²) in [6.45, 7) is 4.04. The third kappa shape index (κ3) is 5.61. The number of rotatable bonds is 11. The highest BCUT2D eigenvalue weighted by atomic mass is 16.7. The van der Waals surface area contributed by atoms with E-state index in [9.17, 15) is 9.90 Å². The molecule has 0 bridgehead atoms. The first-order valence-corrected chi connectivity index (χ1v) is 9.70. The maximum Gasteiger partial charge on any atom is 0.171 e. The van der Waals surface area contributed by atoms with Gasteiger partial charge in [0.2, 0.25) is 0 Å². The highest BCUT2D eigenvalue weighted by Crippen LogP contribution is 2.48. The molecule has 2 fully saturated rings. The SMILES string of the molecule is COCCC(C)C(O)/C=C/C1CCC2(OCCO2)C1CCCCC=O. The first kappa shape index (κ1) is 20.6. The minimum atomic E-state index is -0.451. The van der Waals surface area contributed by atoms with Gasteiger partial charge in [-0.15, -0.1) is 0 Å². The van der Waals surface area contributed by atoms with Crippen LogP contribution in [0.1, 0.15) is 51.9 Å². The molecule has 25 heavy (non-hydrogen) atoms. The number of allylic oxidation sites excluding steroid dienone is 1. The van der Waals surface area contributed by atoms with E-state index in [2.05, 4.69) is 6.08 Å². The lowest BCUT2D eigenvalue weighted by molar-refractivity contribution is -0.186. The van der Waals surface area contributed by atoms with Crippen LogP contribution in [0.5, 0.6) is 0 Å². The second-order valence-corrected chi connectivity index (χ2v) is 7.40. The Balaban J connectivity index is 1.94. The number of ether oxygens (including phenoxy) is 3. The van der Waals surface area contributed by atoms with Gasteiger partial charge in [0.25, 0.3) is 0 Å². The minimum absolute atomic E-state index is 0.177. The van der Waals surface area contributed by atoms with Crippen LogP contribution in [-0.2, 0) is 19.0 Å². The zero-order valence-electron chi connectivity index (χ0n) is 15.7. The van der Waals surface area contributed by atoms with Gasteiger partial charge in [-0.05, 0) is 37.5 Å². The van der Waals surface area contributed by atoms with Crippen molar-refractivity contribution in [1.82, 2.24) is 0 Å². The van der Waals surface area contributed by atoms with E-state index < -0.39 is 11.9 Å². The predicted molar refractivity (Wildman–Crippen MR) is 96.2 cm³/mol. The number of unbranched alkanes of at least 4 members (excludes halogenated alkanes) is 2. The Labute approximate surface area is 151 Å². The fourth-order valence-electron chi connectivity index (χ4n) is 4.09. The molecule has 1 aliphatic carbocycles. The van der Waals surface area contributed by atoms with Gasteiger partial charge in [-0.3, -0.25) is 0 Å². The van der Waals surface area contributed by atoms with E-state index in [-0.39, 0.29) is 5.92 Å². The molecule has 4 unspecified atom stereocenters. The van der Waals surface area contributed by atoms with Gasteiger partial charge >= 0.3 is 0 Å². The van der Waals surface area contributed by atoms with Gasteiger partial charge in [0.05, 0.1) is 19.3 Å². The van der Waals surface area contributed by atoms with Crippen LogP contribution in [-0.4, -0.2) is 50.2 Å². The number of aldehydes is 1. The Morgan fingerprint density at radius 1 is 1.32 bits per heavy atom. The monoisotopic (exact) mass is 354 g/mol. The summed E-state index contributed by atoms with van der Waals surface area (Å²) in [5.74, 6) is 0.401. The summed E-state index contributed by atoms with van der Waals surface area (Å²) in [6.07, 6.45) is 11.0. The summed E-state index contributed by atoms with van der Waals surface area (Å²) < 4.78 is 17.1. The van der Waals surface area contributed by atoms with Crippen LogP contribution in [0.25, 0.3) is 0 Å². The Bertz CT molecular complexity index is 416. The normalized spacial score (nSPS) is 28.0. The molecule has 1 aliphatic heterocycles. The van der Waals surface area contributed by atoms with Gasteiger partial charge in [-0.2, -0.15) is 0 Å². The lowest BCUT2D eigenvalue weighted by atomic mass is 9.86. The first-order chi connectivity index (χ1) is 12.1. The zero-order chi connectivity index (χ0) is 18.1. The standard InChI is InChI=1S/C20H34O5/c1-16(10-13-23-2)19(22)8-7-17-9-11-20(24-14-15-25-20)18(17)6-4-3-5-12-21/h7-8,12,16-19,22H,3-6,9-11,13-15H2,1-2H3/b8-7+. The van der Waals surface area contributed by atoms with Crippen molar-refractivity contribution in [3.63, 3.8) is 0 Å². The van der Waals surface area contributed by atoms with Crippen molar-refractivity contribution in [2.75, 3.05) is 26.9 Å². The molecule has 0 radical (unpaired) electrons. The molecule has 0 aromatic carbocycles. The Kier molecular flexibility index (Phi) is 8.56. The predicted octanol–water partition coefficient (Wildman–Crippen LogP) is 3.10. The van der Waals surface area contributed by atoms with E-state index in [1.165, 1.54) is 0 Å². The summed E-state index contributed by atoms with van der Waals surface area (Å²) in [5.41, 5.74) is 0. The van der Waals surface area contributed by atoms with Gasteiger partial charge < -0.3 is 24.1 Å². The first-order valence-electron chi connectivity index (χ1n) is 9.70. The van der Waals surface area contributed by atoms with Crippen molar-refractivity contribution in [2.45, 2.75) is 63.8 Å². The van der Waals surface area contributed by atoms with Crippen molar-refractivity contribution in [1.29, 1.82) is 0 Å². The molecule has 5 heteroatoms. The summed E-state index contributed by atoms with van der Waals surface area (Å²) in [5, 5.41) is 10.4. The van der Waals surface area contributed by atoms with E-state index in [4.69, 9.17) is 14.2 Å². The maximum absolute atomic E-state index is 10.5. The Morgan fingerprint density at radius 2 is 2.08 bits per heavy atom. The fraction of sp³-hybridized carbons (Fsp3) is 0.850. The summed E-state index contributed by atoms with van der Waals surface area (Å²) in [7, 11) is 1.68. The zero-order valence-corrected chi connectivity index (χ0v) is 15.7. The minimum Gasteiger partial charge on any atom is -0.389 e. The molecule has 144 valence electrons. The van der Waals surface area contributed by atoms with Crippen LogP contribution in [0.2, 0.25) is 0 Å². The highest BCUT2D eigenvalue weighted by molar-refractivity contribution is 5.48. The average molecular weight is 354 g/mol. The third-order valence-corrected chi connectivity index (χ3v) is 5.69. The molecule has 2 aliphatic rings. The quantitative estimate of drug-likeness (QED) is 0.351. The van der Waals surface area contributed by atoms with Crippen molar-refractivity contribution in [2.24, 2.45) is 17.8 Å². The number of hydrogen-bond acceptors (Lipinski definition) is 5. The summed E-state index contributed by atoms with van der Waals surface area (Å²) >= 11 is 0. The number of carbonyl (C=O) groups is 1. The number of hydrogen-bond donors (Lipinski definition) is 1. The third-order valence-electron chi connectivity index (χ3n) is 5.69. The van der Waals surface area contributed by atoms with Crippen molar-refractivity contribution in [3.05, 3.63) is 12.2 Å². The smallest absolute Gasteiger partial charge is 0.171 e. The highest BCUT2D eigenvalue weighted by Gasteiger charge is 2.51. The van der Waals surface area contributed by atoms with Crippen LogP contribution in [0, 0.1) is 17.8 Å². The van der Waals surface area contributed by atoms with Crippen molar-refractivity contribution < 1.29 is 24.1 Å². The summed E-state index contributed by atoms with van der Waals surface area (Å²) in [6, 6.07) is 0. The number of methoxy groups -OCH3 is 1. The summed E-state index contributed by atoms with van der Waals surface area (Å²) in [4.78, 5) is 10.5. The number of aliphatic hydroxyl groups is 1. The van der Waals surface area contributed by atoms with Crippen molar-refractivity contribution in [3.8, 4) is 0 Å². The van der Waals surface area contributed by atoms with Gasteiger partial charge in [0, 0.05) is 32.5 Å². The van der Waals surface area contributed by atoms with Crippen LogP contribution in [0.4, 0.5) is 0 Å². The second-order valence-electron chi connectivity index (χ2n) is 7.40. The molecule has 5 nitrogen and oxygen atoms in total. The van der Waals surface area contributed by atoms with Gasteiger partial charge in [0.15, 0.2) is 5.79 Å². The van der Waals surface area contributed by atoms with Gasteiger partial charge in [-0.1, -0.05) is 25.5 Å². The number of aliphatic hydroxyl groups excluding tert-OH is 1. The lowest BCUT2D eigenvalue weighted by Crippen LogP contribution is -2.36. The Hall–Kier alpha value is -0.750. The molecule has 0 aromatic rings. The lowest BCUT2D eigenvalue weighted by Gasteiger charge is -2.31. The molecule has 1 saturated carbocycles. The average Bonchev–Trinajstić information content (AvgIpc) is 3.23. The van der Waals surface area contributed by atoms with Gasteiger partial charge in [-0.25, -0.2) is 0 Å². The topological polar surface area (TPSA) is 65.0 Å². The van der Waals surface area contributed by atoms with E-state index in [1.54, 1.807) is 7.11 Å². The fourth-order valence-corrected chi connectivity index (χ4v) is 4.09. The Morgan fingerprint density at radius 3 is 2.76 bits per heavy atom. The largest absolute Gasteiger partial charge is 0.389 e.